The van der Waals surface area contributed by atoms with Crippen LogP contribution in [0.15, 0.2) is 41.2 Å². The molecule has 5 bridgehead atoms. The van der Waals surface area contributed by atoms with Gasteiger partial charge in [0.05, 0.1) is 53.0 Å². The minimum Gasteiger partial charge on any atom is -0.507 e. The summed E-state index contributed by atoms with van der Waals surface area (Å²) in [5.41, 5.74) is -0.252. The van der Waals surface area contributed by atoms with Crippen LogP contribution in [0.1, 0.15) is 134 Å². The van der Waals surface area contributed by atoms with Crippen molar-refractivity contribution in [2.45, 2.75) is 150 Å². The highest BCUT2D eigenvalue weighted by Gasteiger charge is 2.50. The Hall–Kier alpha value is -5.12. The van der Waals surface area contributed by atoms with Crippen LogP contribution >= 0.6 is 0 Å². The lowest BCUT2D eigenvalue weighted by Crippen LogP contribution is -2.46. The number of nitrogens with zero attached hydrogens (tertiary/aromatic N) is 2. The van der Waals surface area contributed by atoms with Crippen molar-refractivity contribution in [3.05, 3.63) is 52.8 Å². The van der Waals surface area contributed by atoms with Crippen molar-refractivity contribution in [3.63, 3.8) is 0 Å². The normalized spacial score (nSPS) is 29.4. The monoisotopic (exact) mass is 906 g/mol. The predicted molar refractivity (Wildman–Crippen MR) is 249 cm³/mol. The van der Waals surface area contributed by atoms with Crippen LogP contribution in [0.25, 0.3) is 10.8 Å². The van der Waals surface area contributed by atoms with E-state index in [1.165, 1.54) is 78.2 Å². The number of ketones is 1. The van der Waals surface area contributed by atoms with Crippen molar-refractivity contribution in [1.82, 2.24) is 5.01 Å². The molecule has 358 valence electrons. The number of aromatic hydroxyl groups is 3. The van der Waals surface area contributed by atoms with Gasteiger partial charge in [0.2, 0.25) is 0 Å². The zero-order chi connectivity index (χ0) is 47.7. The molecular weight excluding hydrogens is 835 g/mol. The molecule has 15 nitrogen and oxygen atoms in total. The van der Waals surface area contributed by atoms with E-state index in [1.807, 2.05) is 5.01 Å². The molecule has 6 N–H and O–H groups in total. The van der Waals surface area contributed by atoms with Gasteiger partial charge in [-0.3, -0.25) is 19.4 Å². The van der Waals surface area contributed by atoms with Crippen LogP contribution in [0.5, 0.6) is 23.0 Å². The quantitative estimate of drug-likeness (QED) is 0.0738. The number of amides is 1. The number of nitrogens with one attached hydrogen (secondary N) is 1. The molecule has 1 amide bonds. The van der Waals surface area contributed by atoms with Crippen LogP contribution in [0, 0.1) is 30.6 Å². The zero-order valence-corrected chi connectivity index (χ0v) is 39.6. The Bertz CT molecular complexity index is 2150. The number of hydrogen-bond donors (Lipinski definition) is 6. The number of fused-ring (bicyclic) bond motifs is 14. The van der Waals surface area contributed by atoms with Gasteiger partial charge >= 0.3 is 11.8 Å². The third kappa shape index (κ3) is 11.5. The molecule has 0 saturated carbocycles. The highest BCUT2D eigenvalue weighted by atomic mass is 16.7. The number of aliphatic hydroxyl groups excluding tert-OH is 2. The average molecular weight is 906 g/mol. The molecule has 2 aromatic carbocycles. The summed E-state index contributed by atoms with van der Waals surface area (Å²) in [6, 6.07) is 0. The molecule has 4 heterocycles. The van der Waals surface area contributed by atoms with Gasteiger partial charge in [-0.2, -0.15) is 5.10 Å². The first-order valence-electron chi connectivity index (χ1n) is 23.2. The number of benzene rings is 2. The van der Waals surface area contributed by atoms with Crippen molar-refractivity contribution in [1.29, 1.82) is 0 Å². The van der Waals surface area contributed by atoms with E-state index in [0.717, 1.165) is 38.5 Å². The minimum atomic E-state index is -2.04. The summed E-state index contributed by atoms with van der Waals surface area (Å²) in [4.78, 5) is 41.0. The van der Waals surface area contributed by atoms with Crippen molar-refractivity contribution in [2.75, 3.05) is 25.5 Å². The van der Waals surface area contributed by atoms with Crippen molar-refractivity contribution < 1.29 is 58.9 Å². The Morgan fingerprint density at radius 2 is 1.45 bits per heavy atom. The number of rotatable bonds is 4. The number of allylic oxidation sites excluding steroid dienone is 2. The molecule has 6 rings (SSSR count). The largest absolute Gasteiger partial charge is 0.507 e. The summed E-state index contributed by atoms with van der Waals surface area (Å²) >= 11 is 0. The standard InChI is InChI=1S/C50H71N3O12/c1-28-21-20-22-29(2)49(61)52-40-35(27-51-53-24-18-16-14-12-10-11-13-15-17-19-25-53)44(58)37-38(45(40)59)43(57)33(6)47-39(37)48(60)50(8,65-47)63-26-23-36(62-9)30(3)46(64-34(7)54)32(5)42(56)31(4)41(28)55/h20-23,26-28,30-32,36,41-42,46,55-59H,10-19,24-25H2,1-9H3,(H,52,61)/b21-20?,26-23?,29-22?,51-27-. The number of phenols is 3. The maximum atomic E-state index is 14.6. The van der Waals surface area contributed by atoms with Crippen LogP contribution in [0.3, 0.4) is 0 Å². The number of methoxy groups -OCH3 is 1. The molecule has 65 heavy (non-hydrogen) atoms. The minimum absolute atomic E-state index is 0.0677. The fourth-order valence-electron chi connectivity index (χ4n) is 9.24. The van der Waals surface area contributed by atoms with Crippen LogP contribution in [0.4, 0.5) is 5.69 Å². The molecule has 4 aliphatic heterocycles. The van der Waals surface area contributed by atoms with E-state index in [1.54, 1.807) is 46.8 Å². The van der Waals surface area contributed by atoms with E-state index in [4.69, 9.17) is 24.0 Å². The van der Waals surface area contributed by atoms with Gasteiger partial charge in [0.25, 0.3) is 11.7 Å². The Balaban J connectivity index is 1.69. The van der Waals surface area contributed by atoms with Gasteiger partial charge in [0.1, 0.15) is 23.4 Å². The highest BCUT2D eigenvalue weighted by molar-refractivity contribution is 6.23. The van der Waals surface area contributed by atoms with E-state index in [0.29, 0.717) is 13.1 Å². The zero-order valence-electron chi connectivity index (χ0n) is 39.6. The van der Waals surface area contributed by atoms with Gasteiger partial charge in [-0.05, 0) is 32.8 Å². The fourth-order valence-corrected chi connectivity index (χ4v) is 9.24. The number of hydrazone groups is 1. The van der Waals surface area contributed by atoms with E-state index in [-0.39, 0.29) is 44.5 Å². The highest BCUT2D eigenvalue weighted by Crippen LogP contribution is 2.55. The first-order valence-corrected chi connectivity index (χ1v) is 23.2. The lowest BCUT2D eigenvalue weighted by Gasteiger charge is -2.38. The molecule has 0 aromatic heterocycles. The first kappa shape index (κ1) is 50.9. The van der Waals surface area contributed by atoms with E-state index >= 15 is 0 Å². The molecule has 1 fully saturated rings. The van der Waals surface area contributed by atoms with Crippen molar-refractivity contribution in [2.24, 2.45) is 28.8 Å². The molecule has 0 aliphatic carbocycles. The van der Waals surface area contributed by atoms with Crippen LogP contribution < -0.4 is 10.1 Å². The number of ether oxygens (including phenoxy) is 4. The number of hydrogen-bond acceptors (Lipinski definition) is 14. The number of carbonyl (C=O) groups is 3. The SMILES string of the molecule is COC1C=COC2(C)Oc3c(C)c(O)c4c(O)c(c(/C=N\N5CCCCCCCCCCCC5)c(O)c4c3C2=O)NC(=O)C(C)=CC=CC(C)C(O)C(C)C(O)C(C)C(OC(C)=O)C1C. The predicted octanol–water partition coefficient (Wildman–Crippen LogP) is 8.30. The number of phenolic OH excluding ortho intramolecular Hbond substituents is 3. The molecule has 4 aliphatic rings. The number of carbonyl (C=O) groups excluding carboxylic acids is 3. The number of aliphatic hydroxyl groups is 2. The van der Waals surface area contributed by atoms with Gasteiger partial charge in [-0.15, -0.1) is 0 Å². The molecule has 0 radical (unpaired) electrons. The van der Waals surface area contributed by atoms with Gasteiger partial charge in [0, 0.05) is 74.2 Å². The second-order valence-electron chi connectivity index (χ2n) is 18.4. The Morgan fingerprint density at radius 3 is 2.03 bits per heavy atom. The molecule has 2 aromatic rings. The lowest BCUT2D eigenvalue weighted by molar-refractivity contribution is -0.160. The molecule has 9 atom stereocenters. The maximum Gasteiger partial charge on any atom is 0.312 e. The van der Waals surface area contributed by atoms with Gasteiger partial charge < -0.3 is 49.8 Å². The van der Waals surface area contributed by atoms with Crippen LogP contribution in [-0.2, 0) is 23.8 Å². The third-order valence-corrected chi connectivity index (χ3v) is 13.5. The second kappa shape index (κ2) is 22.4. The summed E-state index contributed by atoms with van der Waals surface area (Å²) in [6.07, 6.45) is 16.0. The molecular formula is C50H71N3O12. The topological polar surface area (TPSA) is 217 Å². The van der Waals surface area contributed by atoms with Gasteiger partial charge in [0.15, 0.2) is 5.75 Å². The summed E-state index contributed by atoms with van der Waals surface area (Å²) in [6.45, 7) is 13.9. The van der Waals surface area contributed by atoms with E-state index in [2.05, 4.69) is 5.32 Å². The Kier molecular flexibility index (Phi) is 17.5. The first-order chi connectivity index (χ1) is 30.8. The summed E-state index contributed by atoms with van der Waals surface area (Å²) in [5, 5.41) is 68.1. The third-order valence-electron chi connectivity index (χ3n) is 13.5. The van der Waals surface area contributed by atoms with Gasteiger partial charge in [-0.25, -0.2) is 0 Å². The summed E-state index contributed by atoms with van der Waals surface area (Å²) < 4.78 is 23.8. The Labute approximate surface area is 383 Å². The average Bonchev–Trinajstić information content (AvgIpc) is 3.55. The molecule has 1 saturated heterocycles. The summed E-state index contributed by atoms with van der Waals surface area (Å²) in [7, 11) is 1.45. The summed E-state index contributed by atoms with van der Waals surface area (Å²) in [5.74, 6) is -8.24. The van der Waals surface area contributed by atoms with Crippen molar-refractivity contribution >= 4 is 40.3 Å². The fraction of sp³-hybridized carbons (Fsp3) is 0.600. The number of Topliss-reactive ketones (excluding diaryl/α,β-unsaturated/α-hetero) is 1. The maximum absolute atomic E-state index is 14.6. The smallest absolute Gasteiger partial charge is 0.312 e. The molecule has 15 heteroatoms. The van der Waals surface area contributed by atoms with Crippen LogP contribution in [-0.4, -0.2) is 105 Å². The van der Waals surface area contributed by atoms with Crippen molar-refractivity contribution in [3.8, 4) is 23.0 Å². The van der Waals surface area contributed by atoms with Crippen LogP contribution in [0.2, 0.25) is 0 Å². The number of esters is 1. The molecule has 9 unspecified atom stereocenters. The van der Waals surface area contributed by atoms with E-state index in [9.17, 15) is 39.9 Å². The van der Waals surface area contributed by atoms with Gasteiger partial charge in [-0.1, -0.05) is 97.3 Å². The number of anilines is 1. The Morgan fingerprint density at radius 1 is 0.846 bits per heavy atom. The van der Waals surface area contributed by atoms with E-state index < -0.39 is 88.8 Å². The molecule has 0 spiro atoms. The lowest BCUT2D eigenvalue weighted by atomic mass is 9.78. The second-order valence-corrected chi connectivity index (χ2v) is 18.4.